The Labute approximate surface area is 155 Å². The van der Waals surface area contributed by atoms with E-state index in [0.717, 1.165) is 31.2 Å². The lowest BCUT2D eigenvalue weighted by molar-refractivity contribution is 0.0925. The van der Waals surface area contributed by atoms with Crippen LogP contribution in [0.3, 0.4) is 0 Å². The van der Waals surface area contributed by atoms with Gasteiger partial charge in [-0.1, -0.05) is 24.6 Å². The van der Waals surface area contributed by atoms with Crippen LogP contribution in [0.1, 0.15) is 35.2 Å². The van der Waals surface area contributed by atoms with Crippen molar-refractivity contribution in [1.29, 1.82) is 0 Å². The van der Waals surface area contributed by atoms with Gasteiger partial charge in [0.25, 0.3) is 11.5 Å². The van der Waals surface area contributed by atoms with E-state index in [-0.39, 0.29) is 34.8 Å². The minimum Gasteiger partial charge on any atom is -0.349 e. The standard InChI is InChI=1S/C21H20FN3O2/c22-16-9-7-14(8-10-16)12-15-4-3-5-18(15)24-20(26)17-13-23-19-6-1-2-11-25(19)21(17)27/h1-2,6-11,13,15,18H,3-5,12H2,(H,24,26)/t15-,18-/m0/s1. The highest BCUT2D eigenvalue weighted by Crippen LogP contribution is 2.29. The number of carbonyl (C=O) groups is 1. The van der Waals surface area contributed by atoms with Gasteiger partial charge in [0.1, 0.15) is 17.0 Å². The molecule has 6 heteroatoms. The maximum atomic E-state index is 13.1. The molecule has 1 amide bonds. The van der Waals surface area contributed by atoms with E-state index < -0.39 is 0 Å². The molecule has 1 fully saturated rings. The number of nitrogens with one attached hydrogen (secondary N) is 1. The minimum atomic E-state index is -0.387. The van der Waals surface area contributed by atoms with Gasteiger partial charge < -0.3 is 5.32 Å². The summed E-state index contributed by atoms with van der Waals surface area (Å²) in [6.45, 7) is 0. The summed E-state index contributed by atoms with van der Waals surface area (Å²) in [5, 5.41) is 3.02. The van der Waals surface area contributed by atoms with Crippen LogP contribution in [0.5, 0.6) is 0 Å². The zero-order valence-electron chi connectivity index (χ0n) is 14.8. The predicted molar refractivity (Wildman–Crippen MR) is 100 cm³/mol. The Morgan fingerprint density at radius 2 is 2.00 bits per heavy atom. The number of rotatable bonds is 4. The van der Waals surface area contributed by atoms with Gasteiger partial charge in [-0.3, -0.25) is 14.0 Å². The van der Waals surface area contributed by atoms with Gasteiger partial charge in [0, 0.05) is 18.4 Å². The topological polar surface area (TPSA) is 63.5 Å². The Morgan fingerprint density at radius 3 is 2.81 bits per heavy atom. The molecule has 138 valence electrons. The number of hydrogen-bond acceptors (Lipinski definition) is 3. The first-order chi connectivity index (χ1) is 13.1. The van der Waals surface area contributed by atoms with Gasteiger partial charge in [-0.25, -0.2) is 9.37 Å². The second kappa shape index (κ2) is 7.31. The highest BCUT2D eigenvalue weighted by atomic mass is 19.1. The molecule has 2 atom stereocenters. The van der Waals surface area contributed by atoms with Crippen molar-refractivity contribution in [2.24, 2.45) is 5.92 Å². The zero-order valence-corrected chi connectivity index (χ0v) is 14.8. The summed E-state index contributed by atoms with van der Waals surface area (Å²) in [4.78, 5) is 29.5. The van der Waals surface area contributed by atoms with E-state index in [1.165, 1.54) is 22.7 Å². The molecule has 3 aromatic rings. The van der Waals surface area contributed by atoms with Crippen molar-refractivity contribution >= 4 is 11.6 Å². The first kappa shape index (κ1) is 17.4. The number of amides is 1. The third-order valence-corrected chi connectivity index (χ3v) is 5.24. The molecule has 0 radical (unpaired) electrons. The molecule has 1 aliphatic rings. The van der Waals surface area contributed by atoms with E-state index in [0.29, 0.717) is 5.65 Å². The number of fused-ring (bicyclic) bond motifs is 1. The Kier molecular flexibility index (Phi) is 4.71. The summed E-state index contributed by atoms with van der Waals surface area (Å²) in [6, 6.07) is 11.7. The van der Waals surface area contributed by atoms with Gasteiger partial charge in [-0.05, 0) is 55.0 Å². The van der Waals surface area contributed by atoms with E-state index in [9.17, 15) is 14.0 Å². The maximum Gasteiger partial charge on any atom is 0.270 e. The van der Waals surface area contributed by atoms with Crippen LogP contribution in [0.4, 0.5) is 4.39 Å². The Bertz CT molecular complexity index is 1030. The molecule has 2 heterocycles. The van der Waals surface area contributed by atoms with Crippen LogP contribution < -0.4 is 10.9 Å². The van der Waals surface area contributed by atoms with Gasteiger partial charge in [0.05, 0.1) is 0 Å². The van der Waals surface area contributed by atoms with Crippen LogP contribution in [-0.2, 0) is 6.42 Å². The number of nitrogens with zero attached hydrogens (tertiary/aromatic N) is 2. The number of halogens is 1. The molecule has 0 spiro atoms. The molecule has 0 aliphatic heterocycles. The van der Waals surface area contributed by atoms with Gasteiger partial charge in [0.2, 0.25) is 0 Å². The molecule has 1 aromatic carbocycles. The van der Waals surface area contributed by atoms with Crippen molar-refractivity contribution in [2.45, 2.75) is 31.7 Å². The lowest BCUT2D eigenvalue weighted by Gasteiger charge is -2.21. The van der Waals surface area contributed by atoms with Crippen molar-refractivity contribution in [3.8, 4) is 0 Å². The van der Waals surface area contributed by atoms with Gasteiger partial charge in [-0.2, -0.15) is 0 Å². The van der Waals surface area contributed by atoms with Crippen LogP contribution in [0.15, 0.2) is 59.7 Å². The smallest absolute Gasteiger partial charge is 0.270 e. The molecular formula is C21H20FN3O2. The maximum absolute atomic E-state index is 13.1. The Morgan fingerprint density at radius 1 is 1.19 bits per heavy atom. The molecule has 0 saturated heterocycles. The van der Waals surface area contributed by atoms with Gasteiger partial charge >= 0.3 is 0 Å². The van der Waals surface area contributed by atoms with E-state index in [1.54, 1.807) is 36.5 Å². The predicted octanol–water partition coefficient (Wildman–Crippen LogP) is 2.97. The summed E-state index contributed by atoms with van der Waals surface area (Å²) < 4.78 is 14.5. The highest BCUT2D eigenvalue weighted by Gasteiger charge is 2.29. The van der Waals surface area contributed by atoms with Crippen molar-refractivity contribution < 1.29 is 9.18 Å². The molecule has 1 aliphatic carbocycles. The minimum absolute atomic E-state index is 0.00146. The van der Waals surface area contributed by atoms with Crippen LogP contribution in [0.25, 0.3) is 5.65 Å². The largest absolute Gasteiger partial charge is 0.349 e. The van der Waals surface area contributed by atoms with Gasteiger partial charge in [0.15, 0.2) is 0 Å². The zero-order chi connectivity index (χ0) is 18.8. The molecule has 5 nitrogen and oxygen atoms in total. The van der Waals surface area contributed by atoms with Crippen LogP contribution in [0.2, 0.25) is 0 Å². The fraction of sp³-hybridized carbons (Fsp3) is 0.286. The van der Waals surface area contributed by atoms with E-state index in [1.807, 2.05) is 0 Å². The van der Waals surface area contributed by atoms with Gasteiger partial charge in [-0.15, -0.1) is 0 Å². The highest BCUT2D eigenvalue weighted by molar-refractivity contribution is 5.94. The molecule has 0 bridgehead atoms. The number of aromatic nitrogens is 2. The first-order valence-electron chi connectivity index (χ1n) is 9.13. The van der Waals surface area contributed by atoms with Crippen molar-refractivity contribution in [2.75, 3.05) is 0 Å². The molecule has 1 saturated carbocycles. The van der Waals surface area contributed by atoms with Crippen molar-refractivity contribution in [3.63, 3.8) is 0 Å². The monoisotopic (exact) mass is 365 g/mol. The summed E-state index contributed by atoms with van der Waals surface area (Å²) in [6.07, 6.45) is 6.62. The quantitative estimate of drug-likeness (QED) is 0.773. The van der Waals surface area contributed by atoms with E-state index in [4.69, 9.17) is 0 Å². The summed E-state index contributed by atoms with van der Waals surface area (Å²) >= 11 is 0. The average Bonchev–Trinajstić information content (AvgIpc) is 3.10. The molecule has 1 N–H and O–H groups in total. The van der Waals surface area contributed by atoms with Crippen LogP contribution in [0, 0.1) is 11.7 Å². The molecule has 2 aromatic heterocycles. The summed E-state index contributed by atoms with van der Waals surface area (Å²) in [5.74, 6) is -0.364. The molecule has 4 rings (SSSR count). The fourth-order valence-electron chi connectivity index (χ4n) is 3.82. The number of benzene rings is 1. The van der Waals surface area contributed by atoms with Crippen LogP contribution in [-0.4, -0.2) is 21.3 Å². The number of carbonyl (C=O) groups excluding carboxylic acids is 1. The first-order valence-corrected chi connectivity index (χ1v) is 9.13. The van der Waals surface area contributed by atoms with E-state index in [2.05, 4.69) is 10.3 Å². The third kappa shape index (κ3) is 3.60. The Balaban J connectivity index is 1.51. The van der Waals surface area contributed by atoms with Crippen LogP contribution >= 0.6 is 0 Å². The number of hydrogen-bond donors (Lipinski definition) is 1. The SMILES string of the molecule is O=C(N[C@H]1CCC[C@H]1Cc1ccc(F)cc1)c1cnc2ccccn2c1=O. The lowest BCUT2D eigenvalue weighted by Crippen LogP contribution is -2.40. The third-order valence-electron chi connectivity index (χ3n) is 5.24. The lowest BCUT2D eigenvalue weighted by atomic mass is 9.94. The molecule has 27 heavy (non-hydrogen) atoms. The molecular weight excluding hydrogens is 345 g/mol. The molecule has 0 unspecified atom stereocenters. The van der Waals surface area contributed by atoms with E-state index >= 15 is 0 Å². The normalized spacial score (nSPS) is 19.3. The summed E-state index contributed by atoms with van der Waals surface area (Å²) in [5.41, 5.74) is 1.24. The summed E-state index contributed by atoms with van der Waals surface area (Å²) in [7, 11) is 0. The van der Waals surface area contributed by atoms with Crippen molar-refractivity contribution in [3.05, 3.63) is 82.2 Å². The van der Waals surface area contributed by atoms with Crippen molar-refractivity contribution in [1.82, 2.24) is 14.7 Å². The average molecular weight is 365 g/mol. The second-order valence-electron chi connectivity index (χ2n) is 7.01. The number of pyridine rings is 1. The fourth-order valence-corrected chi connectivity index (χ4v) is 3.82. The Hall–Kier alpha value is -3.02. The second-order valence-corrected chi connectivity index (χ2v) is 7.01.